The summed E-state index contributed by atoms with van der Waals surface area (Å²) in [7, 11) is 0. The van der Waals surface area contributed by atoms with Gasteiger partial charge in [-0.05, 0) is 43.7 Å². The Morgan fingerprint density at radius 2 is 2.05 bits per heavy atom. The first-order valence-corrected chi connectivity index (χ1v) is 7.74. The van der Waals surface area contributed by atoms with Crippen LogP contribution in [0.2, 0.25) is 0 Å². The molecule has 0 spiro atoms. The third kappa shape index (κ3) is 3.07. The molecule has 3 aromatic heterocycles. The standard InChI is InChI=1S/C16H16N4OS/c1-11-12(2)22-16(18-11)19-15(21)14-4-3-9-20(14)10-13-5-7-17-8-6-13/h3-9H,10H2,1-2H3,(H,18,19,21). The zero-order chi connectivity index (χ0) is 15.5. The third-order valence-electron chi connectivity index (χ3n) is 3.41. The van der Waals surface area contributed by atoms with Gasteiger partial charge < -0.3 is 4.57 Å². The molecule has 1 amide bonds. The van der Waals surface area contributed by atoms with Gasteiger partial charge in [-0.2, -0.15) is 0 Å². The molecule has 0 saturated carbocycles. The minimum Gasteiger partial charge on any atom is -0.339 e. The summed E-state index contributed by atoms with van der Waals surface area (Å²) in [5, 5.41) is 3.50. The Morgan fingerprint density at radius 1 is 1.27 bits per heavy atom. The van der Waals surface area contributed by atoms with Crippen LogP contribution in [0.5, 0.6) is 0 Å². The normalized spacial score (nSPS) is 10.6. The van der Waals surface area contributed by atoms with Crippen molar-refractivity contribution in [3.63, 3.8) is 0 Å². The number of carbonyl (C=O) groups excluding carboxylic acids is 1. The fourth-order valence-electron chi connectivity index (χ4n) is 2.13. The van der Waals surface area contributed by atoms with Crippen molar-refractivity contribution in [1.82, 2.24) is 14.5 Å². The number of anilines is 1. The van der Waals surface area contributed by atoms with Gasteiger partial charge in [0.2, 0.25) is 0 Å². The molecule has 1 N–H and O–H groups in total. The molecule has 3 rings (SSSR count). The van der Waals surface area contributed by atoms with E-state index >= 15 is 0 Å². The summed E-state index contributed by atoms with van der Waals surface area (Å²) in [6.45, 7) is 4.57. The molecule has 112 valence electrons. The molecule has 6 heteroatoms. The van der Waals surface area contributed by atoms with E-state index in [1.165, 1.54) is 11.3 Å². The van der Waals surface area contributed by atoms with Gasteiger partial charge in [-0.3, -0.25) is 15.1 Å². The summed E-state index contributed by atoms with van der Waals surface area (Å²) in [4.78, 5) is 21.9. The number of hydrogen-bond acceptors (Lipinski definition) is 4. The minimum absolute atomic E-state index is 0.146. The summed E-state index contributed by atoms with van der Waals surface area (Å²) in [5.41, 5.74) is 2.66. The highest BCUT2D eigenvalue weighted by Gasteiger charge is 2.13. The SMILES string of the molecule is Cc1nc(NC(=O)c2cccn2Cc2ccncc2)sc1C. The van der Waals surface area contributed by atoms with Gasteiger partial charge in [0.05, 0.1) is 5.69 Å². The second-order valence-electron chi connectivity index (χ2n) is 4.99. The lowest BCUT2D eigenvalue weighted by Gasteiger charge is -2.08. The number of carbonyl (C=O) groups is 1. The van der Waals surface area contributed by atoms with E-state index < -0.39 is 0 Å². The van der Waals surface area contributed by atoms with Gasteiger partial charge in [0.15, 0.2) is 5.13 Å². The number of amides is 1. The van der Waals surface area contributed by atoms with Crippen LogP contribution in [0.1, 0.15) is 26.6 Å². The number of hydrogen-bond donors (Lipinski definition) is 1. The maximum atomic E-state index is 12.4. The number of nitrogens with zero attached hydrogens (tertiary/aromatic N) is 3. The molecule has 0 atom stereocenters. The van der Waals surface area contributed by atoms with Gasteiger partial charge >= 0.3 is 0 Å². The van der Waals surface area contributed by atoms with Crippen molar-refractivity contribution in [3.8, 4) is 0 Å². The molecule has 0 radical (unpaired) electrons. The molecule has 0 aliphatic rings. The number of pyridine rings is 1. The Balaban J connectivity index is 1.77. The lowest BCUT2D eigenvalue weighted by Crippen LogP contribution is -2.17. The molecule has 3 heterocycles. The van der Waals surface area contributed by atoms with E-state index in [1.807, 2.05) is 48.9 Å². The van der Waals surface area contributed by atoms with Gasteiger partial charge in [-0.1, -0.05) is 0 Å². The average molecular weight is 312 g/mol. The van der Waals surface area contributed by atoms with Crippen molar-refractivity contribution < 1.29 is 4.79 Å². The molecule has 0 bridgehead atoms. The smallest absolute Gasteiger partial charge is 0.274 e. The van der Waals surface area contributed by atoms with Crippen molar-refractivity contribution in [3.05, 3.63) is 64.7 Å². The van der Waals surface area contributed by atoms with Gasteiger partial charge in [-0.15, -0.1) is 11.3 Å². The molecule has 0 aromatic carbocycles. The maximum absolute atomic E-state index is 12.4. The molecular weight excluding hydrogens is 296 g/mol. The van der Waals surface area contributed by atoms with E-state index in [0.29, 0.717) is 17.4 Å². The van der Waals surface area contributed by atoms with Crippen LogP contribution in [0.4, 0.5) is 5.13 Å². The van der Waals surface area contributed by atoms with Gasteiger partial charge in [0.25, 0.3) is 5.91 Å². The highest BCUT2D eigenvalue weighted by Crippen LogP contribution is 2.21. The molecule has 5 nitrogen and oxygen atoms in total. The molecular formula is C16H16N4OS. The van der Waals surface area contributed by atoms with Crippen LogP contribution in [0.15, 0.2) is 42.9 Å². The lowest BCUT2D eigenvalue weighted by atomic mass is 10.2. The Morgan fingerprint density at radius 3 is 2.73 bits per heavy atom. The number of aryl methyl sites for hydroxylation is 2. The van der Waals surface area contributed by atoms with Crippen LogP contribution in [0.25, 0.3) is 0 Å². The molecule has 0 saturated heterocycles. The van der Waals surface area contributed by atoms with Crippen molar-refractivity contribution in [1.29, 1.82) is 0 Å². The second-order valence-corrected chi connectivity index (χ2v) is 6.19. The summed E-state index contributed by atoms with van der Waals surface area (Å²) in [6.07, 6.45) is 5.40. The molecule has 22 heavy (non-hydrogen) atoms. The topological polar surface area (TPSA) is 59.8 Å². The Bertz CT molecular complexity index is 772. The zero-order valence-electron chi connectivity index (χ0n) is 12.4. The van der Waals surface area contributed by atoms with E-state index in [1.54, 1.807) is 12.4 Å². The first-order chi connectivity index (χ1) is 10.6. The Hall–Kier alpha value is -2.47. The first-order valence-electron chi connectivity index (χ1n) is 6.93. The van der Waals surface area contributed by atoms with E-state index in [9.17, 15) is 4.79 Å². The molecule has 0 unspecified atom stereocenters. The van der Waals surface area contributed by atoms with Crippen molar-refractivity contribution in [2.24, 2.45) is 0 Å². The van der Waals surface area contributed by atoms with Crippen LogP contribution in [0.3, 0.4) is 0 Å². The lowest BCUT2D eigenvalue weighted by molar-refractivity contribution is 0.101. The quantitative estimate of drug-likeness (QED) is 0.804. The summed E-state index contributed by atoms with van der Waals surface area (Å²) < 4.78 is 1.91. The van der Waals surface area contributed by atoms with Crippen LogP contribution < -0.4 is 5.32 Å². The predicted octanol–water partition coefficient (Wildman–Crippen LogP) is 3.26. The van der Waals surface area contributed by atoms with E-state index in [4.69, 9.17) is 0 Å². The highest BCUT2D eigenvalue weighted by molar-refractivity contribution is 7.15. The molecule has 0 aliphatic carbocycles. The number of aromatic nitrogens is 3. The van der Waals surface area contributed by atoms with Gasteiger partial charge in [0.1, 0.15) is 5.69 Å². The van der Waals surface area contributed by atoms with Gasteiger partial charge in [-0.25, -0.2) is 4.98 Å². The number of thiazole rings is 1. The predicted molar refractivity (Wildman–Crippen MR) is 87.3 cm³/mol. The summed E-state index contributed by atoms with van der Waals surface area (Å²) in [5.74, 6) is -0.146. The highest BCUT2D eigenvalue weighted by atomic mass is 32.1. The van der Waals surface area contributed by atoms with Crippen LogP contribution in [0, 0.1) is 13.8 Å². The molecule has 3 aromatic rings. The first kappa shape index (κ1) is 14.5. The van der Waals surface area contributed by atoms with Crippen LogP contribution in [-0.2, 0) is 6.54 Å². The minimum atomic E-state index is -0.146. The van der Waals surface area contributed by atoms with Crippen LogP contribution >= 0.6 is 11.3 Å². The van der Waals surface area contributed by atoms with Crippen molar-refractivity contribution in [2.45, 2.75) is 20.4 Å². The summed E-state index contributed by atoms with van der Waals surface area (Å²) in [6, 6.07) is 7.56. The second kappa shape index (κ2) is 6.11. The Kier molecular flexibility index (Phi) is 4.02. The zero-order valence-corrected chi connectivity index (χ0v) is 13.2. The Labute approximate surface area is 132 Å². The molecule has 0 aliphatic heterocycles. The summed E-state index contributed by atoms with van der Waals surface area (Å²) >= 11 is 1.49. The van der Waals surface area contributed by atoms with Crippen molar-refractivity contribution in [2.75, 3.05) is 5.32 Å². The monoisotopic (exact) mass is 312 g/mol. The fourth-order valence-corrected chi connectivity index (χ4v) is 2.94. The van der Waals surface area contributed by atoms with Gasteiger partial charge in [0, 0.05) is 30.0 Å². The van der Waals surface area contributed by atoms with Crippen molar-refractivity contribution >= 4 is 22.4 Å². The van der Waals surface area contributed by atoms with E-state index in [-0.39, 0.29) is 5.91 Å². The number of nitrogens with one attached hydrogen (secondary N) is 1. The van der Waals surface area contributed by atoms with E-state index in [2.05, 4.69) is 15.3 Å². The largest absolute Gasteiger partial charge is 0.339 e. The average Bonchev–Trinajstić information content (AvgIpc) is 3.07. The van der Waals surface area contributed by atoms with E-state index in [0.717, 1.165) is 16.1 Å². The maximum Gasteiger partial charge on any atom is 0.274 e. The van der Waals surface area contributed by atoms with Crippen LogP contribution in [-0.4, -0.2) is 20.4 Å². The molecule has 0 fully saturated rings. The fraction of sp³-hybridized carbons (Fsp3) is 0.188. The number of rotatable bonds is 4. The third-order valence-corrected chi connectivity index (χ3v) is 4.40.